The molecule has 0 aromatic carbocycles. The van der Waals surface area contributed by atoms with Crippen LogP contribution < -0.4 is 16.6 Å². The molecule has 7 heteroatoms. The summed E-state index contributed by atoms with van der Waals surface area (Å²) in [6, 6.07) is 0. The maximum atomic E-state index is 11.9. The molecule has 1 aliphatic rings. The molecule has 0 bridgehead atoms. The normalized spacial score (nSPS) is 17.2. The molecule has 1 fully saturated rings. The van der Waals surface area contributed by atoms with Gasteiger partial charge in [-0.2, -0.15) is 0 Å². The van der Waals surface area contributed by atoms with E-state index in [9.17, 15) is 9.59 Å². The van der Waals surface area contributed by atoms with E-state index in [1.54, 1.807) is 7.05 Å². The average molecular weight is 263 g/mol. The minimum Gasteiger partial charge on any atom is -0.325 e. The Bertz CT molecular complexity index is 733. The molecule has 0 atom stereocenters. The summed E-state index contributed by atoms with van der Waals surface area (Å²) in [5.74, 6) is 1.23. The summed E-state index contributed by atoms with van der Waals surface area (Å²) in [7, 11) is 3.46. The molecule has 3 rings (SSSR count). The summed E-state index contributed by atoms with van der Waals surface area (Å²) >= 11 is 0. The van der Waals surface area contributed by atoms with E-state index >= 15 is 0 Å². The minimum atomic E-state index is -0.424. The molecule has 2 aromatic rings. The molecule has 3 heterocycles. The largest absolute Gasteiger partial charge is 0.329 e. The molecule has 102 valence electrons. The van der Waals surface area contributed by atoms with E-state index in [4.69, 9.17) is 0 Å². The Morgan fingerprint density at radius 3 is 2.53 bits per heavy atom. The van der Waals surface area contributed by atoms with Crippen LogP contribution in [-0.4, -0.2) is 32.2 Å². The Kier molecular flexibility index (Phi) is 2.78. The number of fused-ring (bicyclic) bond motifs is 1. The Hall–Kier alpha value is -1.89. The predicted molar refractivity (Wildman–Crippen MR) is 71.4 cm³/mol. The Balaban J connectivity index is 2.25. The van der Waals surface area contributed by atoms with Crippen molar-refractivity contribution in [2.24, 2.45) is 14.1 Å². The van der Waals surface area contributed by atoms with Gasteiger partial charge in [-0.15, -0.1) is 0 Å². The van der Waals surface area contributed by atoms with Crippen molar-refractivity contribution in [2.45, 2.75) is 18.8 Å². The van der Waals surface area contributed by atoms with E-state index < -0.39 is 5.69 Å². The van der Waals surface area contributed by atoms with Crippen LogP contribution in [0.5, 0.6) is 0 Å². The van der Waals surface area contributed by atoms with Crippen LogP contribution in [0.2, 0.25) is 0 Å². The van der Waals surface area contributed by atoms with Crippen molar-refractivity contribution in [3.8, 4) is 0 Å². The van der Waals surface area contributed by atoms with E-state index in [1.807, 2.05) is 11.6 Å². The lowest BCUT2D eigenvalue weighted by Crippen LogP contribution is -2.29. The Labute approximate surface area is 109 Å². The third kappa shape index (κ3) is 1.81. The van der Waals surface area contributed by atoms with Gasteiger partial charge in [0.2, 0.25) is 0 Å². The van der Waals surface area contributed by atoms with Gasteiger partial charge in [0.1, 0.15) is 5.82 Å². The van der Waals surface area contributed by atoms with Crippen LogP contribution in [0.3, 0.4) is 0 Å². The third-order valence-corrected chi connectivity index (χ3v) is 3.87. The fourth-order valence-corrected chi connectivity index (χ4v) is 2.77. The number of H-pyrrole nitrogens is 1. The van der Waals surface area contributed by atoms with E-state index in [0.29, 0.717) is 17.1 Å². The fourth-order valence-electron chi connectivity index (χ4n) is 2.77. The van der Waals surface area contributed by atoms with E-state index in [2.05, 4.69) is 15.3 Å². The second kappa shape index (κ2) is 4.34. The number of aromatic nitrogens is 4. The fraction of sp³-hybridized carbons (Fsp3) is 0.583. The van der Waals surface area contributed by atoms with E-state index in [-0.39, 0.29) is 5.56 Å². The monoisotopic (exact) mass is 263 g/mol. The number of piperidine rings is 1. The van der Waals surface area contributed by atoms with Gasteiger partial charge < -0.3 is 9.88 Å². The van der Waals surface area contributed by atoms with Crippen LogP contribution in [0.1, 0.15) is 24.6 Å². The standard InChI is InChI=1S/C12H17N5O2/c1-16-8-10(17(2)12(19)15-11(8)18)14-9(16)7-3-5-13-6-4-7/h7,13H,3-6H2,1-2H3,(H,15,18,19). The van der Waals surface area contributed by atoms with Gasteiger partial charge in [-0.3, -0.25) is 14.3 Å². The number of hydrogen-bond acceptors (Lipinski definition) is 4. The van der Waals surface area contributed by atoms with Crippen molar-refractivity contribution in [1.29, 1.82) is 0 Å². The molecule has 0 amide bonds. The first-order chi connectivity index (χ1) is 9.09. The SMILES string of the molecule is Cn1c(C2CCNCC2)nc2c1c(=O)[nH]c(=O)n2C. The van der Waals surface area contributed by atoms with Gasteiger partial charge in [0, 0.05) is 20.0 Å². The van der Waals surface area contributed by atoms with Crippen molar-refractivity contribution in [3.63, 3.8) is 0 Å². The molecule has 19 heavy (non-hydrogen) atoms. The van der Waals surface area contributed by atoms with Gasteiger partial charge in [0.15, 0.2) is 11.2 Å². The lowest BCUT2D eigenvalue weighted by Gasteiger charge is -2.21. The Morgan fingerprint density at radius 1 is 1.16 bits per heavy atom. The van der Waals surface area contributed by atoms with Crippen LogP contribution in [0.4, 0.5) is 0 Å². The molecule has 0 aliphatic carbocycles. The predicted octanol–water partition coefficient (Wildman–Crippen LogP) is -0.573. The lowest BCUT2D eigenvalue weighted by molar-refractivity contribution is 0.438. The van der Waals surface area contributed by atoms with Crippen LogP contribution in [0, 0.1) is 0 Å². The summed E-state index contributed by atoms with van der Waals surface area (Å²) in [4.78, 5) is 30.4. The highest BCUT2D eigenvalue weighted by molar-refractivity contribution is 5.70. The molecule has 1 aliphatic heterocycles. The van der Waals surface area contributed by atoms with Crippen molar-refractivity contribution in [3.05, 3.63) is 26.7 Å². The first-order valence-electron chi connectivity index (χ1n) is 6.46. The van der Waals surface area contributed by atoms with Gasteiger partial charge in [-0.05, 0) is 25.9 Å². The topological polar surface area (TPSA) is 84.7 Å². The zero-order valence-electron chi connectivity index (χ0n) is 11.1. The summed E-state index contributed by atoms with van der Waals surface area (Å²) in [5, 5.41) is 3.31. The number of imidazole rings is 1. The molecule has 7 nitrogen and oxygen atoms in total. The van der Waals surface area contributed by atoms with Gasteiger partial charge >= 0.3 is 5.69 Å². The number of aryl methyl sites for hydroxylation is 2. The number of nitrogens with one attached hydrogen (secondary N) is 2. The molecule has 0 spiro atoms. The van der Waals surface area contributed by atoms with Gasteiger partial charge in [-0.25, -0.2) is 9.78 Å². The van der Waals surface area contributed by atoms with Gasteiger partial charge in [0.25, 0.3) is 5.56 Å². The molecule has 2 N–H and O–H groups in total. The van der Waals surface area contributed by atoms with Crippen molar-refractivity contribution < 1.29 is 0 Å². The van der Waals surface area contributed by atoms with E-state index in [1.165, 1.54) is 4.57 Å². The van der Waals surface area contributed by atoms with Crippen molar-refractivity contribution in [1.82, 2.24) is 24.4 Å². The number of nitrogens with zero attached hydrogens (tertiary/aromatic N) is 3. The van der Waals surface area contributed by atoms with Gasteiger partial charge in [0.05, 0.1) is 0 Å². The molecule has 1 saturated heterocycles. The van der Waals surface area contributed by atoms with E-state index in [0.717, 1.165) is 31.8 Å². The third-order valence-electron chi connectivity index (χ3n) is 3.87. The summed E-state index contributed by atoms with van der Waals surface area (Å²) in [6.45, 7) is 1.92. The summed E-state index contributed by atoms with van der Waals surface area (Å²) in [6.07, 6.45) is 2.01. The number of aromatic amines is 1. The van der Waals surface area contributed by atoms with Crippen LogP contribution in [0.15, 0.2) is 9.59 Å². The van der Waals surface area contributed by atoms with Crippen LogP contribution in [-0.2, 0) is 14.1 Å². The highest BCUT2D eigenvalue weighted by atomic mass is 16.2. The van der Waals surface area contributed by atoms with Crippen molar-refractivity contribution in [2.75, 3.05) is 13.1 Å². The van der Waals surface area contributed by atoms with Crippen LogP contribution >= 0.6 is 0 Å². The van der Waals surface area contributed by atoms with Crippen molar-refractivity contribution >= 4 is 11.2 Å². The molecular weight excluding hydrogens is 246 g/mol. The highest BCUT2D eigenvalue weighted by Crippen LogP contribution is 2.25. The molecule has 0 radical (unpaired) electrons. The molecule has 0 unspecified atom stereocenters. The first kappa shape index (κ1) is 12.2. The Morgan fingerprint density at radius 2 is 1.84 bits per heavy atom. The zero-order chi connectivity index (χ0) is 13.6. The molecular formula is C12H17N5O2. The summed E-state index contributed by atoms with van der Waals surface area (Å²) < 4.78 is 3.21. The number of hydrogen-bond donors (Lipinski definition) is 2. The second-order valence-corrected chi connectivity index (χ2v) is 5.04. The molecule has 0 saturated carbocycles. The quantitative estimate of drug-likeness (QED) is 0.721. The minimum absolute atomic E-state index is 0.341. The van der Waals surface area contributed by atoms with Gasteiger partial charge in [-0.1, -0.05) is 0 Å². The smallest absolute Gasteiger partial charge is 0.325 e. The maximum Gasteiger partial charge on any atom is 0.329 e. The highest BCUT2D eigenvalue weighted by Gasteiger charge is 2.23. The lowest BCUT2D eigenvalue weighted by atomic mass is 9.97. The summed E-state index contributed by atoms with van der Waals surface area (Å²) in [5.41, 5.74) is 0.140. The number of rotatable bonds is 1. The average Bonchev–Trinajstić information content (AvgIpc) is 2.76. The maximum absolute atomic E-state index is 11.9. The second-order valence-electron chi connectivity index (χ2n) is 5.04. The zero-order valence-corrected chi connectivity index (χ0v) is 11.1. The molecule has 2 aromatic heterocycles. The first-order valence-corrected chi connectivity index (χ1v) is 6.46. The van der Waals surface area contributed by atoms with Crippen LogP contribution in [0.25, 0.3) is 11.2 Å².